The topological polar surface area (TPSA) is 48.9 Å². The Morgan fingerprint density at radius 1 is 1.15 bits per heavy atom. The van der Waals surface area contributed by atoms with Gasteiger partial charge in [-0.25, -0.2) is 4.39 Å². The first-order chi connectivity index (χ1) is 12.5. The van der Waals surface area contributed by atoms with Gasteiger partial charge in [-0.15, -0.1) is 24.0 Å². The fourth-order valence-electron chi connectivity index (χ4n) is 3.79. The number of hydrogen-bond donors (Lipinski definition) is 2. The van der Waals surface area contributed by atoms with Gasteiger partial charge in [-0.05, 0) is 57.5 Å². The third-order valence-corrected chi connectivity index (χ3v) is 6.07. The van der Waals surface area contributed by atoms with E-state index in [-0.39, 0.29) is 40.7 Å². The molecule has 5 nitrogen and oxygen atoms in total. The Balaban J connectivity index is 0.00000261. The van der Waals surface area contributed by atoms with Gasteiger partial charge >= 0.3 is 0 Å². The van der Waals surface area contributed by atoms with E-state index in [1.165, 1.54) is 6.07 Å². The molecule has 2 aliphatic rings. The SMILES string of the molecule is CN=C(NCC1(c2cccc(F)c2)CC1)NCC1(N(C)C)CCOCC1.I. The first-order valence-electron chi connectivity index (χ1n) is 9.45. The summed E-state index contributed by atoms with van der Waals surface area (Å²) in [5, 5.41) is 6.94. The van der Waals surface area contributed by atoms with Crippen LogP contribution in [-0.4, -0.2) is 63.8 Å². The van der Waals surface area contributed by atoms with Crippen molar-refractivity contribution in [2.45, 2.75) is 36.6 Å². The van der Waals surface area contributed by atoms with Crippen molar-refractivity contribution in [2.24, 2.45) is 4.99 Å². The lowest BCUT2D eigenvalue weighted by atomic mass is 9.88. The van der Waals surface area contributed by atoms with Crippen molar-refractivity contribution in [3.63, 3.8) is 0 Å². The molecular formula is C20H32FIN4O. The third-order valence-electron chi connectivity index (χ3n) is 6.07. The molecule has 152 valence electrons. The van der Waals surface area contributed by atoms with E-state index in [4.69, 9.17) is 4.74 Å². The summed E-state index contributed by atoms with van der Waals surface area (Å²) in [4.78, 5) is 6.67. The van der Waals surface area contributed by atoms with Crippen LogP contribution in [0.15, 0.2) is 29.3 Å². The number of nitrogens with zero attached hydrogens (tertiary/aromatic N) is 2. The molecule has 2 N–H and O–H groups in total. The standard InChI is InChI=1S/C20H31FN4O.HI/c1-22-18(24-15-20(25(2)3)9-11-26-12-10-20)23-14-19(7-8-19)16-5-4-6-17(21)13-16;/h4-6,13H,7-12,14-15H2,1-3H3,(H2,22,23,24);1H. The summed E-state index contributed by atoms with van der Waals surface area (Å²) in [7, 11) is 6.06. The van der Waals surface area contributed by atoms with E-state index in [0.717, 1.165) is 63.5 Å². The fourth-order valence-corrected chi connectivity index (χ4v) is 3.79. The van der Waals surface area contributed by atoms with Gasteiger partial charge in [-0.2, -0.15) is 0 Å². The molecule has 1 aromatic rings. The number of halogens is 2. The summed E-state index contributed by atoms with van der Waals surface area (Å²) >= 11 is 0. The predicted octanol–water partition coefficient (Wildman–Crippen LogP) is 2.75. The van der Waals surface area contributed by atoms with E-state index in [9.17, 15) is 4.39 Å². The summed E-state index contributed by atoms with van der Waals surface area (Å²) in [6.07, 6.45) is 4.19. The molecule has 1 aromatic carbocycles. The minimum absolute atomic E-state index is 0. The monoisotopic (exact) mass is 490 g/mol. The number of ether oxygens (including phenoxy) is 1. The average Bonchev–Trinajstić information content (AvgIpc) is 3.44. The Morgan fingerprint density at radius 3 is 2.37 bits per heavy atom. The van der Waals surface area contributed by atoms with Crippen molar-refractivity contribution < 1.29 is 9.13 Å². The van der Waals surface area contributed by atoms with Crippen LogP contribution in [0.1, 0.15) is 31.2 Å². The molecule has 1 aliphatic carbocycles. The maximum absolute atomic E-state index is 13.6. The van der Waals surface area contributed by atoms with Crippen LogP contribution in [0.2, 0.25) is 0 Å². The number of benzene rings is 1. The highest BCUT2D eigenvalue weighted by atomic mass is 127. The number of nitrogens with one attached hydrogen (secondary N) is 2. The minimum atomic E-state index is -0.163. The number of likely N-dealkylation sites (N-methyl/N-ethyl adjacent to an activating group) is 1. The lowest BCUT2D eigenvalue weighted by molar-refractivity contribution is -0.00501. The lowest BCUT2D eigenvalue weighted by Gasteiger charge is -2.43. The summed E-state index contributed by atoms with van der Waals surface area (Å²) in [5.74, 6) is 0.643. The number of guanidine groups is 1. The molecule has 1 aliphatic heterocycles. The quantitative estimate of drug-likeness (QED) is 0.366. The zero-order valence-electron chi connectivity index (χ0n) is 16.6. The third kappa shape index (κ3) is 5.32. The summed E-state index contributed by atoms with van der Waals surface area (Å²) < 4.78 is 19.1. The molecule has 0 radical (unpaired) electrons. The molecule has 3 rings (SSSR count). The highest BCUT2D eigenvalue weighted by molar-refractivity contribution is 14.0. The largest absolute Gasteiger partial charge is 0.381 e. The van der Waals surface area contributed by atoms with Crippen molar-refractivity contribution in [1.82, 2.24) is 15.5 Å². The lowest BCUT2D eigenvalue weighted by Crippen LogP contribution is -2.57. The molecule has 0 unspecified atom stereocenters. The highest BCUT2D eigenvalue weighted by Gasteiger charge is 2.44. The van der Waals surface area contributed by atoms with Crippen molar-refractivity contribution in [3.8, 4) is 0 Å². The van der Waals surface area contributed by atoms with Gasteiger partial charge in [0.25, 0.3) is 0 Å². The Hall–Kier alpha value is -0.930. The van der Waals surface area contributed by atoms with Gasteiger partial charge in [0.2, 0.25) is 0 Å². The van der Waals surface area contributed by atoms with Gasteiger partial charge in [-0.3, -0.25) is 4.99 Å². The van der Waals surface area contributed by atoms with Crippen molar-refractivity contribution in [3.05, 3.63) is 35.6 Å². The molecule has 0 bridgehead atoms. The molecule has 0 aromatic heterocycles. The Bertz CT molecular complexity index is 643. The zero-order chi connectivity index (χ0) is 18.6. The van der Waals surface area contributed by atoms with Crippen LogP contribution in [0.4, 0.5) is 4.39 Å². The first-order valence-corrected chi connectivity index (χ1v) is 9.45. The first kappa shape index (κ1) is 22.4. The van der Waals surface area contributed by atoms with Crippen molar-refractivity contribution >= 4 is 29.9 Å². The van der Waals surface area contributed by atoms with Crippen LogP contribution in [0, 0.1) is 5.82 Å². The van der Waals surface area contributed by atoms with Gasteiger partial charge in [0.1, 0.15) is 5.82 Å². The second-order valence-electron chi connectivity index (χ2n) is 7.80. The van der Waals surface area contributed by atoms with E-state index in [1.807, 2.05) is 6.07 Å². The van der Waals surface area contributed by atoms with Gasteiger partial charge in [-0.1, -0.05) is 12.1 Å². The van der Waals surface area contributed by atoms with Crippen molar-refractivity contribution in [2.75, 3.05) is 47.4 Å². The molecule has 1 saturated carbocycles. The Morgan fingerprint density at radius 2 is 1.81 bits per heavy atom. The van der Waals surface area contributed by atoms with Gasteiger partial charge in [0.15, 0.2) is 5.96 Å². The Labute approximate surface area is 179 Å². The van der Waals surface area contributed by atoms with E-state index in [0.29, 0.717) is 0 Å². The second-order valence-corrected chi connectivity index (χ2v) is 7.80. The minimum Gasteiger partial charge on any atom is -0.381 e. The summed E-state index contributed by atoms with van der Waals surface area (Å²) in [6, 6.07) is 6.98. The smallest absolute Gasteiger partial charge is 0.191 e. The van der Waals surface area contributed by atoms with Crippen LogP contribution in [-0.2, 0) is 10.2 Å². The molecule has 0 amide bonds. The molecule has 1 heterocycles. The van der Waals surface area contributed by atoms with E-state index in [2.05, 4.69) is 34.6 Å². The van der Waals surface area contributed by atoms with E-state index >= 15 is 0 Å². The molecular weight excluding hydrogens is 458 g/mol. The normalized spacial score (nSPS) is 20.7. The van der Waals surface area contributed by atoms with Crippen molar-refractivity contribution in [1.29, 1.82) is 0 Å². The molecule has 0 spiro atoms. The van der Waals surface area contributed by atoms with Gasteiger partial charge in [0, 0.05) is 44.3 Å². The van der Waals surface area contributed by atoms with Crippen LogP contribution in [0.25, 0.3) is 0 Å². The van der Waals surface area contributed by atoms with E-state index < -0.39 is 0 Å². The Kier molecular flexibility index (Phi) is 7.88. The molecule has 27 heavy (non-hydrogen) atoms. The zero-order valence-corrected chi connectivity index (χ0v) is 18.9. The number of hydrogen-bond acceptors (Lipinski definition) is 3. The maximum Gasteiger partial charge on any atom is 0.191 e. The number of aliphatic imine (C=N–C) groups is 1. The molecule has 1 saturated heterocycles. The number of rotatable bonds is 6. The molecule has 7 heteroatoms. The average molecular weight is 490 g/mol. The predicted molar refractivity (Wildman–Crippen MR) is 119 cm³/mol. The molecule has 2 fully saturated rings. The van der Waals surface area contributed by atoms with Crippen LogP contribution in [0.5, 0.6) is 0 Å². The summed E-state index contributed by atoms with van der Waals surface area (Å²) in [5.41, 5.74) is 1.21. The molecule has 0 atom stereocenters. The van der Waals surface area contributed by atoms with Crippen LogP contribution < -0.4 is 10.6 Å². The van der Waals surface area contributed by atoms with Gasteiger partial charge < -0.3 is 20.3 Å². The van der Waals surface area contributed by atoms with Gasteiger partial charge in [0.05, 0.1) is 0 Å². The summed E-state index contributed by atoms with van der Waals surface area (Å²) in [6.45, 7) is 3.20. The van der Waals surface area contributed by atoms with E-state index in [1.54, 1.807) is 19.2 Å². The van der Waals surface area contributed by atoms with Crippen LogP contribution >= 0.6 is 24.0 Å². The highest BCUT2D eigenvalue weighted by Crippen LogP contribution is 2.47. The fraction of sp³-hybridized carbons (Fsp3) is 0.650. The van der Waals surface area contributed by atoms with Crippen LogP contribution in [0.3, 0.4) is 0 Å². The maximum atomic E-state index is 13.6. The second kappa shape index (κ2) is 9.52.